The van der Waals surface area contributed by atoms with E-state index in [2.05, 4.69) is 5.32 Å². The number of hydrogen-bond donors (Lipinski definition) is 1. The molecule has 0 radical (unpaired) electrons. The maximum Gasteiger partial charge on any atom is 0.516 e. The van der Waals surface area contributed by atoms with E-state index in [1.807, 2.05) is 26.8 Å². The fraction of sp³-hybridized carbons (Fsp3) is 0.333. The molecule has 0 unspecified atom stereocenters. The zero-order valence-corrected chi connectivity index (χ0v) is 17.6. The Labute approximate surface area is 174 Å². The normalized spacial score (nSPS) is 11.0. The lowest BCUT2D eigenvalue weighted by Crippen LogP contribution is -2.18. The Morgan fingerprint density at radius 1 is 1.00 bits per heavy atom. The molecule has 0 saturated heterocycles. The van der Waals surface area contributed by atoms with E-state index in [1.54, 1.807) is 36.4 Å². The molecule has 0 spiro atoms. The van der Waals surface area contributed by atoms with Gasteiger partial charge in [-0.3, -0.25) is 4.79 Å². The van der Waals surface area contributed by atoms with Crippen LogP contribution in [0.5, 0.6) is 0 Å². The van der Waals surface area contributed by atoms with Crippen molar-refractivity contribution in [2.24, 2.45) is 5.41 Å². The summed E-state index contributed by atoms with van der Waals surface area (Å²) in [5.74, 6) is -0.708. The minimum absolute atomic E-state index is 0.0227. The van der Waals surface area contributed by atoms with Crippen LogP contribution in [0.3, 0.4) is 0 Å². The SMILES string of the molecule is CC(C)(C)CCOC(=O)OC(=O)Cc1ccccc1Nc1c(Cl)cccc1Cl. The molecular formula is C21H23Cl2NO4. The number of hydrogen-bond acceptors (Lipinski definition) is 5. The molecule has 0 aliphatic rings. The van der Waals surface area contributed by atoms with Gasteiger partial charge in [-0.25, -0.2) is 4.79 Å². The van der Waals surface area contributed by atoms with Crippen molar-refractivity contribution in [3.05, 3.63) is 58.1 Å². The van der Waals surface area contributed by atoms with Crippen molar-refractivity contribution < 1.29 is 19.1 Å². The first-order chi connectivity index (χ1) is 13.2. The predicted molar refractivity (Wildman–Crippen MR) is 111 cm³/mol. The van der Waals surface area contributed by atoms with Gasteiger partial charge in [0.25, 0.3) is 0 Å². The van der Waals surface area contributed by atoms with E-state index in [9.17, 15) is 9.59 Å². The number of ether oxygens (including phenoxy) is 2. The number of carbonyl (C=O) groups is 2. The Hall–Kier alpha value is -2.24. The Morgan fingerprint density at radius 3 is 2.29 bits per heavy atom. The van der Waals surface area contributed by atoms with Gasteiger partial charge in [-0.15, -0.1) is 0 Å². The third-order valence-corrected chi connectivity index (χ3v) is 4.47. The van der Waals surface area contributed by atoms with Crippen molar-refractivity contribution in [3.63, 3.8) is 0 Å². The Kier molecular flexibility index (Phi) is 7.72. The molecule has 28 heavy (non-hydrogen) atoms. The first-order valence-corrected chi connectivity index (χ1v) is 9.58. The fourth-order valence-electron chi connectivity index (χ4n) is 2.30. The number of esters is 1. The molecule has 5 nitrogen and oxygen atoms in total. The van der Waals surface area contributed by atoms with Crippen LogP contribution in [0.2, 0.25) is 10.0 Å². The molecule has 0 aliphatic carbocycles. The van der Waals surface area contributed by atoms with Gasteiger partial charge in [0, 0.05) is 5.69 Å². The summed E-state index contributed by atoms with van der Waals surface area (Å²) in [5, 5.41) is 4.03. The topological polar surface area (TPSA) is 64.6 Å². The van der Waals surface area contributed by atoms with Crippen molar-refractivity contribution in [1.82, 2.24) is 0 Å². The van der Waals surface area contributed by atoms with E-state index in [-0.39, 0.29) is 18.4 Å². The molecule has 0 atom stereocenters. The third-order valence-electron chi connectivity index (χ3n) is 3.84. The van der Waals surface area contributed by atoms with Crippen LogP contribution in [0.15, 0.2) is 42.5 Å². The van der Waals surface area contributed by atoms with Gasteiger partial charge in [-0.2, -0.15) is 0 Å². The van der Waals surface area contributed by atoms with Crippen molar-refractivity contribution in [3.8, 4) is 0 Å². The van der Waals surface area contributed by atoms with Crippen molar-refractivity contribution in [2.45, 2.75) is 33.6 Å². The maximum atomic E-state index is 12.1. The number of benzene rings is 2. The second-order valence-electron chi connectivity index (χ2n) is 7.44. The number of rotatable bonds is 6. The quantitative estimate of drug-likeness (QED) is 0.430. The highest BCUT2D eigenvalue weighted by Gasteiger charge is 2.17. The van der Waals surface area contributed by atoms with Gasteiger partial charge in [0.15, 0.2) is 0 Å². The van der Waals surface area contributed by atoms with Crippen LogP contribution < -0.4 is 5.32 Å². The van der Waals surface area contributed by atoms with Crippen LogP contribution in [0, 0.1) is 5.41 Å². The molecule has 2 aromatic carbocycles. The van der Waals surface area contributed by atoms with Gasteiger partial charge >= 0.3 is 12.1 Å². The third kappa shape index (κ3) is 7.06. The van der Waals surface area contributed by atoms with E-state index in [4.69, 9.17) is 32.7 Å². The largest absolute Gasteiger partial charge is 0.516 e. The van der Waals surface area contributed by atoms with Gasteiger partial charge < -0.3 is 14.8 Å². The van der Waals surface area contributed by atoms with Gasteiger partial charge in [0.2, 0.25) is 0 Å². The van der Waals surface area contributed by atoms with Gasteiger partial charge in [0.1, 0.15) is 0 Å². The van der Waals surface area contributed by atoms with Crippen LogP contribution in [0.25, 0.3) is 0 Å². The average Bonchev–Trinajstić information content (AvgIpc) is 2.58. The minimum Gasteiger partial charge on any atom is -0.434 e. The standard InChI is InChI=1S/C21H23Cl2NO4/c1-21(2,3)11-12-27-20(26)28-18(25)13-14-7-4-5-10-17(14)24-19-15(22)8-6-9-16(19)23/h4-10,24H,11-13H2,1-3H3. The summed E-state index contributed by atoms with van der Waals surface area (Å²) in [6.45, 7) is 6.28. The average molecular weight is 424 g/mol. The molecule has 0 amide bonds. The van der Waals surface area contributed by atoms with E-state index < -0.39 is 12.1 Å². The van der Waals surface area contributed by atoms with Crippen LogP contribution in [-0.4, -0.2) is 18.7 Å². The smallest absolute Gasteiger partial charge is 0.434 e. The zero-order valence-electron chi connectivity index (χ0n) is 16.1. The summed E-state index contributed by atoms with van der Waals surface area (Å²) in [4.78, 5) is 23.8. The summed E-state index contributed by atoms with van der Waals surface area (Å²) >= 11 is 12.4. The van der Waals surface area contributed by atoms with E-state index >= 15 is 0 Å². The number of carbonyl (C=O) groups excluding carboxylic acids is 2. The highest BCUT2D eigenvalue weighted by atomic mass is 35.5. The Bertz CT molecular complexity index is 826. The molecule has 2 aromatic rings. The highest BCUT2D eigenvalue weighted by molar-refractivity contribution is 6.39. The molecule has 0 aliphatic heterocycles. The first kappa shape index (κ1) is 22.1. The van der Waals surface area contributed by atoms with E-state index in [0.29, 0.717) is 33.4 Å². The fourth-order valence-corrected chi connectivity index (χ4v) is 2.79. The van der Waals surface area contributed by atoms with Crippen LogP contribution in [0.1, 0.15) is 32.8 Å². The van der Waals surface area contributed by atoms with E-state index in [1.165, 1.54) is 0 Å². The lowest BCUT2D eigenvalue weighted by Gasteiger charge is -2.17. The Morgan fingerprint density at radius 2 is 1.64 bits per heavy atom. The molecule has 150 valence electrons. The molecule has 1 N–H and O–H groups in total. The van der Waals surface area contributed by atoms with Crippen LogP contribution >= 0.6 is 23.2 Å². The van der Waals surface area contributed by atoms with Gasteiger partial charge in [0.05, 0.1) is 28.8 Å². The molecule has 0 fully saturated rings. The molecule has 0 bridgehead atoms. The molecule has 0 aromatic heterocycles. The lowest BCUT2D eigenvalue weighted by molar-refractivity contribution is -0.139. The lowest BCUT2D eigenvalue weighted by atomic mass is 9.93. The van der Waals surface area contributed by atoms with Crippen LogP contribution in [-0.2, 0) is 20.7 Å². The highest BCUT2D eigenvalue weighted by Crippen LogP contribution is 2.33. The number of halogens is 2. The van der Waals surface area contributed by atoms with Gasteiger partial charge in [-0.05, 0) is 35.6 Å². The Balaban J connectivity index is 1.99. The maximum absolute atomic E-state index is 12.1. The number of nitrogens with one attached hydrogen (secondary N) is 1. The first-order valence-electron chi connectivity index (χ1n) is 8.82. The summed E-state index contributed by atoms with van der Waals surface area (Å²) in [7, 11) is 0. The molecule has 0 heterocycles. The predicted octanol–water partition coefficient (Wildman–Crippen LogP) is 6.40. The van der Waals surface area contributed by atoms with E-state index in [0.717, 1.165) is 0 Å². The molecule has 7 heteroatoms. The molecular weight excluding hydrogens is 401 g/mol. The minimum atomic E-state index is -0.992. The summed E-state index contributed by atoms with van der Waals surface area (Å²) in [5.41, 5.74) is 1.82. The molecule has 0 saturated carbocycles. The monoisotopic (exact) mass is 423 g/mol. The summed E-state index contributed by atoms with van der Waals surface area (Å²) in [6.07, 6.45) is -0.435. The van der Waals surface area contributed by atoms with Crippen molar-refractivity contribution in [2.75, 3.05) is 11.9 Å². The van der Waals surface area contributed by atoms with Crippen LogP contribution in [0.4, 0.5) is 16.2 Å². The number of para-hydroxylation sites is 2. The van der Waals surface area contributed by atoms with Gasteiger partial charge in [-0.1, -0.05) is 68.2 Å². The zero-order chi connectivity index (χ0) is 20.7. The van der Waals surface area contributed by atoms with Crippen molar-refractivity contribution >= 4 is 46.7 Å². The molecule has 2 rings (SSSR count). The summed E-state index contributed by atoms with van der Waals surface area (Å²) < 4.78 is 9.69. The number of anilines is 2. The summed E-state index contributed by atoms with van der Waals surface area (Å²) in [6, 6.07) is 12.3. The van der Waals surface area contributed by atoms with Crippen molar-refractivity contribution in [1.29, 1.82) is 0 Å². The second kappa shape index (κ2) is 9.80. The second-order valence-corrected chi connectivity index (χ2v) is 8.25.